The van der Waals surface area contributed by atoms with Crippen molar-refractivity contribution in [1.82, 2.24) is 15.3 Å². The molecule has 1 amide bonds. The van der Waals surface area contributed by atoms with Gasteiger partial charge in [0.15, 0.2) is 0 Å². The number of benzene rings is 1. The van der Waals surface area contributed by atoms with Gasteiger partial charge in [0.1, 0.15) is 16.9 Å². The first-order chi connectivity index (χ1) is 9.63. The zero-order valence-corrected chi connectivity index (χ0v) is 10.7. The quantitative estimate of drug-likeness (QED) is 0.738. The number of aromatic nitrogens is 2. The summed E-state index contributed by atoms with van der Waals surface area (Å²) >= 11 is 0. The van der Waals surface area contributed by atoms with Crippen molar-refractivity contribution in [2.45, 2.75) is 18.5 Å². The van der Waals surface area contributed by atoms with E-state index in [1.165, 1.54) is 6.07 Å². The van der Waals surface area contributed by atoms with Crippen molar-refractivity contribution in [3.63, 3.8) is 0 Å². The summed E-state index contributed by atoms with van der Waals surface area (Å²) in [5.41, 5.74) is 6.04. The van der Waals surface area contributed by atoms with Crippen LogP contribution in [0.3, 0.4) is 0 Å². The van der Waals surface area contributed by atoms with Gasteiger partial charge in [0.25, 0.3) is 5.91 Å². The topological polar surface area (TPSA) is 87.0 Å². The number of nitrogens with one attached hydrogen (secondary N) is 2. The second-order valence-electron chi connectivity index (χ2n) is 5.39. The maximum atomic E-state index is 13.7. The minimum atomic E-state index is -0.796. The van der Waals surface area contributed by atoms with Crippen LogP contribution < -0.4 is 16.0 Å². The second kappa shape index (κ2) is 3.92. The second-order valence-corrected chi connectivity index (χ2v) is 5.39. The number of aromatic amines is 1. The Kier molecular flexibility index (Phi) is 2.29. The number of rotatable bonds is 2. The minimum Gasteiger partial charge on any atom is -0.365 e. The fraction of sp³-hybridized carbons (Fsp3) is 0.385. The van der Waals surface area contributed by atoms with Gasteiger partial charge in [-0.2, -0.15) is 0 Å². The Balaban J connectivity index is 1.83. The fourth-order valence-electron chi connectivity index (χ4n) is 3.23. The first-order valence-electron chi connectivity index (χ1n) is 6.61. The van der Waals surface area contributed by atoms with Crippen molar-refractivity contribution in [1.29, 1.82) is 0 Å². The molecule has 2 fully saturated rings. The lowest BCUT2D eigenvalue weighted by Gasteiger charge is -2.26. The van der Waals surface area contributed by atoms with Crippen molar-refractivity contribution in [2.24, 2.45) is 5.73 Å². The Morgan fingerprint density at radius 1 is 1.50 bits per heavy atom. The maximum absolute atomic E-state index is 13.7. The Bertz CT molecular complexity index is 712. The number of fused-ring (bicyclic) bond motifs is 3. The Labute approximate surface area is 114 Å². The largest absolute Gasteiger partial charge is 0.365 e. The standard InChI is InChI=1S/C13H14FN5O/c14-8-1-2-9-11(10(8)12(15)20)18-13(17-9)19-5-6-3-7(19)4-16-6/h1-2,6-7,16H,3-5H2,(H2,15,20)(H,17,18)/t6-,7+/m0/s1. The first kappa shape index (κ1) is 11.7. The van der Waals surface area contributed by atoms with E-state index < -0.39 is 11.7 Å². The normalized spacial score (nSPS) is 24.8. The van der Waals surface area contributed by atoms with E-state index in [4.69, 9.17) is 5.73 Å². The lowest BCUT2D eigenvalue weighted by atomic mass is 10.1. The van der Waals surface area contributed by atoms with Crippen LogP contribution in [0.5, 0.6) is 0 Å². The maximum Gasteiger partial charge on any atom is 0.253 e. The molecule has 2 saturated heterocycles. The zero-order valence-electron chi connectivity index (χ0n) is 10.7. The van der Waals surface area contributed by atoms with Crippen LogP contribution in [0.2, 0.25) is 0 Å². The van der Waals surface area contributed by atoms with E-state index in [1.807, 2.05) is 0 Å². The lowest BCUT2D eigenvalue weighted by Crippen LogP contribution is -2.44. The number of halogens is 1. The number of carbonyl (C=O) groups excluding carboxylic acids is 1. The molecule has 4 rings (SSSR count). The van der Waals surface area contributed by atoms with Crippen LogP contribution in [0.1, 0.15) is 16.8 Å². The summed E-state index contributed by atoms with van der Waals surface area (Å²) in [7, 11) is 0. The highest BCUT2D eigenvalue weighted by Crippen LogP contribution is 2.30. The third-order valence-electron chi connectivity index (χ3n) is 4.17. The van der Waals surface area contributed by atoms with Crippen LogP contribution in [0.15, 0.2) is 12.1 Å². The van der Waals surface area contributed by atoms with Crippen molar-refractivity contribution in [2.75, 3.05) is 18.0 Å². The molecule has 7 heteroatoms. The Morgan fingerprint density at radius 2 is 2.35 bits per heavy atom. The number of nitrogens with two attached hydrogens (primary N) is 1. The molecule has 0 radical (unpaired) electrons. The van der Waals surface area contributed by atoms with E-state index in [2.05, 4.69) is 20.2 Å². The van der Waals surface area contributed by atoms with Crippen LogP contribution in [0, 0.1) is 5.82 Å². The monoisotopic (exact) mass is 275 g/mol. The number of imidazole rings is 1. The zero-order chi connectivity index (χ0) is 13.9. The predicted octanol–water partition coefficient (Wildman–Crippen LogP) is 0.351. The van der Waals surface area contributed by atoms with Gasteiger partial charge in [0, 0.05) is 25.2 Å². The summed E-state index contributed by atoms with van der Waals surface area (Å²) in [4.78, 5) is 21.1. The number of carbonyl (C=O) groups is 1. The van der Waals surface area contributed by atoms with E-state index in [1.54, 1.807) is 6.07 Å². The molecule has 2 aliphatic rings. The van der Waals surface area contributed by atoms with E-state index in [9.17, 15) is 9.18 Å². The van der Waals surface area contributed by atoms with Gasteiger partial charge in [-0.25, -0.2) is 9.37 Å². The summed E-state index contributed by atoms with van der Waals surface area (Å²) in [6.07, 6.45) is 1.09. The fourth-order valence-corrected chi connectivity index (χ4v) is 3.23. The number of H-pyrrole nitrogens is 1. The lowest BCUT2D eigenvalue weighted by molar-refractivity contribution is 0.0998. The smallest absolute Gasteiger partial charge is 0.253 e. The third-order valence-corrected chi connectivity index (χ3v) is 4.17. The van der Waals surface area contributed by atoms with E-state index in [0.717, 1.165) is 19.5 Å². The van der Waals surface area contributed by atoms with Gasteiger partial charge < -0.3 is 20.9 Å². The highest BCUT2D eigenvalue weighted by atomic mass is 19.1. The van der Waals surface area contributed by atoms with Crippen LogP contribution in [-0.4, -0.2) is 41.0 Å². The Morgan fingerprint density at radius 3 is 3.00 bits per heavy atom. The van der Waals surface area contributed by atoms with Crippen LogP contribution in [0.25, 0.3) is 11.0 Å². The number of nitrogens with zero attached hydrogens (tertiary/aromatic N) is 2. The molecule has 1 aromatic heterocycles. The molecule has 6 nitrogen and oxygen atoms in total. The molecule has 4 N–H and O–H groups in total. The molecule has 3 heterocycles. The molecule has 0 aliphatic carbocycles. The molecule has 20 heavy (non-hydrogen) atoms. The minimum absolute atomic E-state index is 0.146. The van der Waals surface area contributed by atoms with Gasteiger partial charge >= 0.3 is 0 Å². The molecule has 2 aliphatic heterocycles. The SMILES string of the molecule is NC(=O)c1c(F)ccc2[nH]c(N3C[C@@H]4C[C@@H]3CN4)nc12. The van der Waals surface area contributed by atoms with Gasteiger partial charge in [-0.05, 0) is 18.6 Å². The van der Waals surface area contributed by atoms with Crippen molar-refractivity contribution in [3.8, 4) is 0 Å². The predicted molar refractivity (Wildman–Crippen MR) is 72.1 cm³/mol. The molecule has 2 bridgehead atoms. The first-order valence-corrected chi connectivity index (χ1v) is 6.61. The third kappa shape index (κ3) is 1.53. The summed E-state index contributed by atoms with van der Waals surface area (Å²) < 4.78 is 13.7. The van der Waals surface area contributed by atoms with Crippen LogP contribution in [-0.2, 0) is 0 Å². The molecule has 0 saturated carbocycles. The summed E-state index contributed by atoms with van der Waals surface area (Å²) in [5.74, 6) is -0.745. The van der Waals surface area contributed by atoms with Gasteiger partial charge in [0.2, 0.25) is 5.95 Å². The summed E-state index contributed by atoms with van der Waals surface area (Å²) in [5, 5.41) is 3.41. The molecular weight excluding hydrogens is 261 g/mol. The van der Waals surface area contributed by atoms with Gasteiger partial charge in [-0.3, -0.25) is 4.79 Å². The number of hydrogen-bond acceptors (Lipinski definition) is 4. The number of amides is 1. The van der Waals surface area contributed by atoms with Gasteiger partial charge in [-0.1, -0.05) is 0 Å². The molecule has 104 valence electrons. The number of hydrogen-bond donors (Lipinski definition) is 3. The molecule has 0 unspecified atom stereocenters. The molecule has 0 spiro atoms. The van der Waals surface area contributed by atoms with Gasteiger partial charge in [-0.15, -0.1) is 0 Å². The van der Waals surface area contributed by atoms with E-state index in [0.29, 0.717) is 29.1 Å². The molecule has 2 aromatic rings. The summed E-state index contributed by atoms with van der Waals surface area (Å²) in [6.45, 7) is 1.80. The van der Waals surface area contributed by atoms with E-state index >= 15 is 0 Å². The van der Waals surface area contributed by atoms with Gasteiger partial charge in [0.05, 0.1) is 5.52 Å². The molecular formula is C13H14FN5O. The highest BCUT2D eigenvalue weighted by molar-refractivity contribution is 6.04. The average molecular weight is 275 g/mol. The Hall–Kier alpha value is -2.15. The highest BCUT2D eigenvalue weighted by Gasteiger charge is 2.39. The van der Waals surface area contributed by atoms with Crippen molar-refractivity contribution < 1.29 is 9.18 Å². The number of primary amides is 1. The van der Waals surface area contributed by atoms with Crippen molar-refractivity contribution in [3.05, 3.63) is 23.5 Å². The number of piperazine rings is 1. The average Bonchev–Trinajstić information content (AvgIpc) is 3.11. The summed E-state index contributed by atoms with van der Waals surface area (Å²) in [6, 6.07) is 3.71. The molecule has 2 atom stereocenters. The van der Waals surface area contributed by atoms with E-state index in [-0.39, 0.29) is 5.56 Å². The van der Waals surface area contributed by atoms with Crippen LogP contribution >= 0.6 is 0 Å². The molecule has 1 aromatic carbocycles. The van der Waals surface area contributed by atoms with Crippen LogP contribution in [0.4, 0.5) is 10.3 Å². The van der Waals surface area contributed by atoms with Crippen molar-refractivity contribution >= 4 is 22.9 Å². The number of anilines is 1.